The molecule has 1 N–H and O–H groups in total. The number of hydrogen-bond donors (Lipinski definition) is 1. The van der Waals surface area contributed by atoms with E-state index >= 15 is 0 Å². The minimum Gasteiger partial charge on any atom is -0.407 e. The summed E-state index contributed by atoms with van der Waals surface area (Å²) in [4.78, 5) is 16.6. The Morgan fingerprint density at radius 3 is 2.14 bits per heavy atom. The molecule has 8 heteroatoms. The van der Waals surface area contributed by atoms with E-state index in [1.807, 2.05) is 6.92 Å². The number of carbonyl (C=O) groups is 1. The number of ether oxygens (including phenoxy) is 1. The number of hydrogen-bond acceptors (Lipinski definition) is 3. The third-order valence-corrected chi connectivity index (χ3v) is 6.01. The molecule has 0 spiro atoms. The van der Waals surface area contributed by atoms with Crippen LogP contribution in [0.25, 0.3) is 22.5 Å². The molecule has 37 heavy (non-hydrogen) atoms. The largest absolute Gasteiger partial charge is 0.412 e. The maximum absolute atomic E-state index is 13.6. The standard InChI is InChI=1S/C29H28F3N3O2/c1-20-34-27(21-10-14-23(30)15-11-21)28(22-12-16-24(31)17-13-22)35(20)19-7-3-2-6-18-33-29(36)37-26-9-5-4-8-25(26)32/h4-5,8-17H,2-3,6-7,18-19H2,1H3,(H,33,36). The Kier molecular flexibility index (Phi) is 8.61. The monoisotopic (exact) mass is 507 g/mol. The highest BCUT2D eigenvalue weighted by molar-refractivity contribution is 5.79. The first kappa shape index (κ1) is 26.0. The molecular formula is C29H28F3N3O2. The fraction of sp³-hybridized carbons (Fsp3) is 0.241. The number of imidazole rings is 1. The molecule has 0 radical (unpaired) electrons. The molecule has 3 aromatic carbocycles. The van der Waals surface area contributed by atoms with Gasteiger partial charge in [0.2, 0.25) is 0 Å². The topological polar surface area (TPSA) is 56.2 Å². The number of nitrogens with one attached hydrogen (secondary N) is 1. The van der Waals surface area contributed by atoms with Gasteiger partial charge in [0, 0.05) is 24.2 Å². The Hall–Kier alpha value is -4.07. The summed E-state index contributed by atoms with van der Waals surface area (Å²) in [5.41, 5.74) is 3.21. The van der Waals surface area contributed by atoms with E-state index in [0.717, 1.165) is 54.0 Å². The number of halogens is 3. The highest BCUT2D eigenvalue weighted by Crippen LogP contribution is 2.33. The summed E-state index contributed by atoms with van der Waals surface area (Å²) in [5.74, 6) is -0.515. The molecular weight excluding hydrogens is 479 g/mol. The molecule has 4 aromatic rings. The molecule has 0 unspecified atom stereocenters. The Bertz CT molecular complexity index is 1340. The second kappa shape index (κ2) is 12.3. The second-order valence-corrected chi connectivity index (χ2v) is 8.68. The molecule has 1 aromatic heterocycles. The number of aromatic nitrogens is 2. The predicted molar refractivity (Wildman–Crippen MR) is 137 cm³/mol. The normalized spacial score (nSPS) is 10.9. The van der Waals surface area contributed by atoms with E-state index in [2.05, 4.69) is 9.88 Å². The lowest BCUT2D eigenvalue weighted by Gasteiger charge is -2.12. The molecule has 0 aliphatic rings. The van der Waals surface area contributed by atoms with Gasteiger partial charge in [-0.2, -0.15) is 0 Å². The molecule has 0 fully saturated rings. The Morgan fingerprint density at radius 2 is 1.46 bits per heavy atom. The van der Waals surface area contributed by atoms with Crippen LogP contribution in [0.3, 0.4) is 0 Å². The first-order valence-corrected chi connectivity index (χ1v) is 12.2. The lowest BCUT2D eigenvalue weighted by Crippen LogP contribution is -2.28. The molecule has 0 aliphatic heterocycles. The number of nitrogens with zero attached hydrogens (tertiary/aromatic N) is 2. The predicted octanol–water partition coefficient (Wildman–Crippen LogP) is 7.29. The molecule has 0 aliphatic carbocycles. The fourth-order valence-electron chi connectivity index (χ4n) is 4.15. The molecule has 4 rings (SSSR count). The molecule has 1 heterocycles. The summed E-state index contributed by atoms with van der Waals surface area (Å²) in [6.07, 6.45) is 2.73. The second-order valence-electron chi connectivity index (χ2n) is 8.68. The van der Waals surface area contributed by atoms with Crippen molar-refractivity contribution in [3.05, 3.63) is 96.1 Å². The van der Waals surface area contributed by atoms with Crippen LogP contribution in [-0.4, -0.2) is 22.2 Å². The van der Waals surface area contributed by atoms with E-state index < -0.39 is 11.9 Å². The number of para-hydroxylation sites is 1. The van der Waals surface area contributed by atoms with E-state index in [1.165, 1.54) is 42.5 Å². The number of rotatable bonds is 10. The summed E-state index contributed by atoms with van der Waals surface area (Å²) >= 11 is 0. The minimum absolute atomic E-state index is 0.104. The van der Waals surface area contributed by atoms with Crippen molar-refractivity contribution in [3.8, 4) is 28.3 Å². The van der Waals surface area contributed by atoms with E-state index in [-0.39, 0.29) is 17.4 Å². The van der Waals surface area contributed by atoms with Gasteiger partial charge in [0.05, 0.1) is 11.4 Å². The average molecular weight is 508 g/mol. The van der Waals surface area contributed by atoms with Gasteiger partial charge in [-0.15, -0.1) is 0 Å². The van der Waals surface area contributed by atoms with Crippen LogP contribution in [0, 0.1) is 24.4 Å². The summed E-state index contributed by atoms with van der Waals surface area (Å²) < 4.78 is 47.7. The summed E-state index contributed by atoms with van der Waals surface area (Å²) in [6.45, 7) is 3.05. The summed E-state index contributed by atoms with van der Waals surface area (Å²) in [7, 11) is 0. The zero-order chi connectivity index (χ0) is 26.2. The summed E-state index contributed by atoms with van der Waals surface area (Å²) in [5, 5.41) is 2.64. The Morgan fingerprint density at radius 1 is 0.838 bits per heavy atom. The maximum Gasteiger partial charge on any atom is 0.412 e. The van der Waals surface area contributed by atoms with Crippen molar-refractivity contribution in [1.82, 2.24) is 14.9 Å². The Labute approximate surface area is 213 Å². The number of amides is 1. The van der Waals surface area contributed by atoms with Crippen molar-refractivity contribution < 1.29 is 22.7 Å². The van der Waals surface area contributed by atoms with Gasteiger partial charge in [-0.05, 0) is 80.4 Å². The molecule has 0 saturated carbocycles. The highest BCUT2D eigenvalue weighted by atomic mass is 19.1. The van der Waals surface area contributed by atoms with Crippen LogP contribution in [0.5, 0.6) is 5.75 Å². The van der Waals surface area contributed by atoms with E-state index in [9.17, 15) is 18.0 Å². The van der Waals surface area contributed by atoms with Crippen LogP contribution in [0.2, 0.25) is 0 Å². The van der Waals surface area contributed by atoms with Crippen molar-refractivity contribution in [2.75, 3.05) is 6.54 Å². The van der Waals surface area contributed by atoms with Crippen LogP contribution in [0.1, 0.15) is 31.5 Å². The van der Waals surface area contributed by atoms with Crippen LogP contribution < -0.4 is 10.1 Å². The smallest absolute Gasteiger partial charge is 0.407 e. The molecule has 1 amide bonds. The molecule has 5 nitrogen and oxygen atoms in total. The van der Waals surface area contributed by atoms with Crippen molar-refractivity contribution >= 4 is 6.09 Å². The van der Waals surface area contributed by atoms with Gasteiger partial charge in [0.15, 0.2) is 11.6 Å². The van der Waals surface area contributed by atoms with Crippen molar-refractivity contribution in [3.63, 3.8) is 0 Å². The maximum atomic E-state index is 13.6. The van der Waals surface area contributed by atoms with Crippen molar-refractivity contribution in [2.45, 2.75) is 39.2 Å². The van der Waals surface area contributed by atoms with Gasteiger partial charge in [-0.3, -0.25) is 0 Å². The van der Waals surface area contributed by atoms with Crippen LogP contribution in [-0.2, 0) is 6.54 Å². The van der Waals surface area contributed by atoms with Crippen molar-refractivity contribution in [2.24, 2.45) is 0 Å². The van der Waals surface area contributed by atoms with Gasteiger partial charge in [0.25, 0.3) is 0 Å². The van der Waals surface area contributed by atoms with Crippen LogP contribution in [0.15, 0.2) is 72.8 Å². The molecule has 0 bridgehead atoms. The third kappa shape index (κ3) is 6.78. The number of unbranched alkanes of at least 4 members (excludes halogenated alkanes) is 3. The van der Waals surface area contributed by atoms with Crippen LogP contribution >= 0.6 is 0 Å². The molecule has 0 atom stereocenters. The molecule has 192 valence electrons. The van der Waals surface area contributed by atoms with Crippen molar-refractivity contribution in [1.29, 1.82) is 0 Å². The first-order valence-electron chi connectivity index (χ1n) is 12.2. The van der Waals surface area contributed by atoms with Gasteiger partial charge < -0.3 is 14.6 Å². The number of aryl methyl sites for hydroxylation is 1. The Balaban J connectivity index is 1.33. The lowest BCUT2D eigenvalue weighted by atomic mass is 10.0. The van der Waals surface area contributed by atoms with Gasteiger partial charge in [0.1, 0.15) is 17.5 Å². The minimum atomic E-state index is -0.684. The van der Waals surface area contributed by atoms with E-state index in [1.54, 1.807) is 30.3 Å². The molecule has 0 saturated heterocycles. The zero-order valence-electron chi connectivity index (χ0n) is 20.5. The third-order valence-electron chi connectivity index (χ3n) is 6.01. The lowest BCUT2D eigenvalue weighted by molar-refractivity contribution is 0.198. The van der Waals surface area contributed by atoms with Gasteiger partial charge in [-0.25, -0.2) is 22.9 Å². The average Bonchev–Trinajstić information content (AvgIpc) is 3.21. The summed E-state index contributed by atoms with van der Waals surface area (Å²) in [6, 6.07) is 18.2. The quantitative estimate of drug-likeness (QED) is 0.229. The highest BCUT2D eigenvalue weighted by Gasteiger charge is 2.18. The fourth-order valence-corrected chi connectivity index (χ4v) is 4.15. The van der Waals surface area contributed by atoms with Crippen LogP contribution in [0.4, 0.5) is 18.0 Å². The SMILES string of the molecule is Cc1nc(-c2ccc(F)cc2)c(-c2ccc(F)cc2)n1CCCCCCNC(=O)Oc1ccccc1F. The zero-order valence-corrected chi connectivity index (χ0v) is 20.5. The van der Waals surface area contributed by atoms with E-state index in [4.69, 9.17) is 9.72 Å². The number of carbonyl (C=O) groups excluding carboxylic acids is 1. The first-order chi connectivity index (χ1) is 17.9. The number of benzene rings is 3. The van der Waals surface area contributed by atoms with Gasteiger partial charge >= 0.3 is 6.09 Å². The van der Waals surface area contributed by atoms with E-state index in [0.29, 0.717) is 13.1 Å². The van der Waals surface area contributed by atoms with Gasteiger partial charge in [-0.1, -0.05) is 25.0 Å².